The van der Waals surface area contributed by atoms with E-state index in [1.807, 2.05) is 17.8 Å². The number of unbranched alkanes of at least 4 members (excludes halogenated alkanes) is 2. The summed E-state index contributed by atoms with van der Waals surface area (Å²) in [5, 5.41) is 34.5. The summed E-state index contributed by atoms with van der Waals surface area (Å²) in [6, 6.07) is 15.3. The first-order valence-corrected chi connectivity index (χ1v) is 16.3. The van der Waals surface area contributed by atoms with E-state index < -0.39 is 12.2 Å². The molecule has 2 unspecified atom stereocenters. The summed E-state index contributed by atoms with van der Waals surface area (Å²) in [4.78, 5) is 16.3. The smallest absolute Gasteiger partial charge is 0.224 e. The third-order valence-electron chi connectivity index (χ3n) is 7.90. The lowest BCUT2D eigenvalue weighted by Gasteiger charge is -2.24. The van der Waals surface area contributed by atoms with Gasteiger partial charge in [0.05, 0.1) is 18.8 Å². The Balaban J connectivity index is 1.56. The second-order valence-corrected chi connectivity index (χ2v) is 12.7. The third-order valence-corrected chi connectivity index (χ3v) is 9.22. The summed E-state index contributed by atoms with van der Waals surface area (Å²) in [6.45, 7) is 3.14. The molecule has 0 radical (unpaired) electrons. The maximum atomic E-state index is 12.7. The van der Waals surface area contributed by atoms with Crippen molar-refractivity contribution in [2.24, 2.45) is 5.92 Å². The Labute approximate surface area is 251 Å². The van der Waals surface area contributed by atoms with Gasteiger partial charge in [0, 0.05) is 55.0 Å². The molecule has 4 atom stereocenters. The highest BCUT2D eigenvalue weighted by Crippen LogP contribution is 2.44. The van der Waals surface area contributed by atoms with Crippen molar-refractivity contribution < 1.29 is 20.1 Å². The van der Waals surface area contributed by atoms with E-state index in [-0.39, 0.29) is 12.5 Å². The van der Waals surface area contributed by atoms with E-state index in [0.717, 1.165) is 37.2 Å². The molecule has 0 saturated carbocycles. The summed E-state index contributed by atoms with van der Waals surface area (Å²) in [5.74, 6) is 2.14. The number of aliphatic hydroxyl groups excluding tert-OH is 3. The normalized spacial score (nSPS) is 18.3. The highest BCUT2D eigenvalue weighted by Gasteiger charge is 2.27. The molecular weight excluding hydrogens is 534 g/mol. The number of benzene rings is 2. The van der Waals surface area contributed by atoms with Gasteiger partial charge in [0.25, 0.3) is 0 Å². The van der Waals surface area contributed by atoms with E-state index >= 15 is 0 Å². The van der Waals surface area contributed by atoms with Crippen molar-refractivity contribution in [2.45, 2.75) is 87.7 Å². The van der Waals surface area contributed by atoms with Crippen LogP contribution in [0.1, 0.15) is 81.8 Å². The van der Waals surface area contributed by atoms with E-state index in [1.54, 1.807) is 0 Å². The molecule has 0 saturated heterocycles. The quantitative estimate of drug-likeness (QED) is 0.159. The zero-order valence-corrected chi connectivity index (χ0v) is 26.0. The Morgan fingerprint density at radius 3 is 2.63 bits per heavy atom. The predicted molar refractivity (Wildman–Crippen MR) is 171 cm³/mol. The Kier molecular flexibility index (Phi) is 14.5. The molecule has 3 rings (SSSR count). The number of fused-ring (bicyclic) bond motifs is 1. The minimum absolute atomic E-state index is 0.0210. The Bertz CT molecular complexity index is 1070. The molecule has 2 aromatic carbocycles. The molecule has 1 heterocycles. The number of amides is 1. The van der Waals surface area contributed by atoms with Gasteiger partial charge in [0.15, 0.2) is 0 Å². The molecule has 5 N–H and O–H groups in total. The van der Waals surface area contributed by atoms with Gasteiger partial charge >= 0.3 is 0 Å². The van der Waals surface area contributed by atoms with Crippen LogP contribution in [0.15, 0.2) is 47.4 Å². The van der Waals surface area contributed by atoms with Gasteiger partial charge in [0.2, 0.25) is 5.91 Å². The first-order valence-electron chi connectivity index (χ1n) is 15.3. The highest BCUT2D eigenvalue weighted by atomic mass is 32.2. The average molecular weight is 586 g/mol. The molecule has 0 aliphatic carbocycles. The second-order valence-electron chi connectivity index (χ2n) is 11.6. The molecule has 228 valence electrons. The number of thioether (sulfide) groups is 1. The zero-order chi connectivity index (χ0) is 29.6. The van der Waals surface area contributed by atoms with Crippen molar-refractivity contribution >= 4 is 29.0 Å². The topological polar surface area (TPSA) is 105 Å². The van der Waals surface area contributed by atoms with Crippen LogP contribution in [0.2, 0.25) is 0 Å². The average Bonchev–Trinajstić information content (AvgIpc) is 3.15. The molecule has 7 nitrogen and oxygen atoms in total. The number of hydrogen-bond acceptors (Lipinski definition) is 7. The fraction of sp³-hybridized carbons (Fsp3) is 0.606. The molecule has 1 aliphatic rings. The number of carbonyl (C=O) groups is 1. The van der Waals surface area contributed by atoms with Crippen LogP contribution in [0, 0.1) is 5.92 Å². The number of aliphatic hydroxyl groups is 3. The zero-order valence-electron chi connectivity index (χ0n) is 25.1. The molecule has 8 heteroatoms. The maximum Gasteiger partial charge on any atom is 0.224 e. The predicted octanol–water partition coefficient (Wildman–Crippen LogP) is 5.38. The van der Waals surface area contributed by atoms with Gasteiger partial charge in [-0.1, -0.05) is 31.9 Å². The number of nitrogens with zero attached hydrogens (tertiary/aromatic N) is 1. The second kappa shape index (κ2) is 17.8. The van der Waals surface area contributed by atoms with Crippen LogP contribution in [-0.2, 0) is 4.79 Å². The van der Waals surface area contributed by atoms with E-state index in [2.05, 4.69) is 73.0 Å². The number of anilines is 2. The van der Waals surface area contributed by atoms with Gasteiger partial charge in [-0.2, -0.15) is 0 Å². The van der Waals surface area contributed by atoms with E-state index in [0.29, 0.717) is 37.6 Å². The van der Waals surface area contributed by atoms with E-state index in [4.69, 9.17) is 5.11 Å². The lowest BCUT2D eigenvalue weighted by molar-refractivity contribution is -0.116. The summed E-state index contributed by atoms with van der Waals surface area (Å²) < 4.78 is 0. The Morgan fingerprint density at radius 1 is 1.07 bits per heavy atom. The van der Waals surface area contributed by atoms with Gasteiger partial charge in [-0.05, 0) is 92.4 Å². The lowest BCUT2D eigenvalue weighted by atomic mass is 9.82. The molecule has 0 spiro atoms. The van der Waals surface area contributed by atoms with Crippen LogP contribution < -0.4 is 15.5 Å². The van der Waals surface area contributed by atoms with Crippen LogP contribution >= 0.6 is 11.8 Å². The number of nitrogens with one attached hydrogen (secondary N) is 2. The van der Waals surface area contributed by atoms with Gasteiger partial charge in [0.1, 0.15) is 0 Å². The Morgan fingerprint density at radius 2 is 1.88 bits per heavy atom. The molecule has 1 aliphatic heterocycles. The largest absolute Gasteiger partial charge is 0.394 e. The minimum atomic E-state index is -0.774. The minimum Gasteiger partial charge on any atom is -0.394 e. The van der Waals surface area contributed by atoms with Crippen LogP contribution in [0.25, 0.3) is 0 Å². The van der Waals surface area contributed by atoms with Crippen molar-refractivity contribution in [3.05, 3.63) is 53.6 Å². The van der Waals surface area contributed by atoms with Gasteiger partial charge in [-0.3, -0.25) is 4.79 Å². The highest BCUT2D eigenvalue weighted by molar-refractivity contribution is 7.99. The molecular formula is C33H51N3O4S. The molecule has 0 aromatic heterocycles. The number of hydrogen-bond donors (Lipinski definition) is 5. The van der Waals surface area contributed by atoms with Crippen LogP contribution in [0.4, 0.5) is 11.4 Å². The number of rotatable bonds is 17. The summed E-state index contributed by atoms with van der Waals surface area (Å²) in [5.41, 5.74) is 4.73. The fourth-order valence-corrected chi connectivity index (χ4v) is 6.65. The van der Waals surface area contributed by atoms with Gasteiger partial charge < -0.3 is 30.9 Å². The van der Waals surface area contributed by atoms with Gasteiger partial charge in [-0.15, -0.1) is 11.8 Å². The van der Waals surface area contributed by atoms with Crippen molar-refractivity contribution in [1.29, 1.82) is 0 Å². The van der Waals surface area contributed by atoms with Crippen LogP contribution in [-0.4, -0.2) is 73.0 Å². The summed E-state index contributed by atoms with van der Waals surface area (Å²) in [7, 11) is 4.18. The van der Waals surface area contributed by atoms with Crippen molar-refractivity contribution in [3.8, 4) is 0 Å². The Hall–Kier alpha value is -2.10. The lowest BCUT2D eigenvalue weighted by Crippen LogP contribution is -2.29. The molecule has 0 bridgehead atoms. The monoisotopic (exact) mass is 585 g/mol. The van der Waals surface area contributed by atoms with Crippen molar-refractivity contribution in [3.63, 3.8) is 0 Å². The standard InChI is InChI=1S/C33H51N3O4S/c1-4-5-9-24-18-30(31-20-27(36(2)3)13-16-32(31)41-23-24)25-10-8-11-26(19-25)35-33(40)12-6-7-17-34-21-28(38)14-15-29(39)22-37/h8,10-11,13,16,19-20,24,28-30,34,37-39H,4-7,9,12,14-15,17-18,21-23H2,1-3H3,(H,35,40)/t24?,28-,29?,30-/m1/s1. The maximum absolute atomic E-state index is 12.7. The third kappa shape index (κ3) is 11.2. The first kappa shape index (κ1) is 33.4. The van der Waals surface area contributed by atoms with Gasteiger partial charge in [-0.25, -0.2) is 0 Å². The summed E-state index contributed by atoms with van der Waals surface area (Å²) >= 11 is 2.00. The summed E-state index contributed by atoms with van der Waals surface area (Å²) in [6.07, 6.45) is 6.40. The fourth-order valence-electron chi connectivity index (χ4n) is 5.40. The molecule has 41 heavy (non-hydrogen) atoms. The molecule has 2 aromatic rings. The van der Waals surface area contributed by atoms with Crippen LogP contribution in [0.5, 0.6) is 0 Å². The van der Waals surface area contributed by atoms with E-state index in [1.165, 1.54) is 41.0 Å². The first-order chi connectivity index (χ1) is 19.8. The SMILES string of the molecule is CCCCC1CSc2ccc(N(C)C)cc2[C@@H](c2cccc(NC(=O)CCCCNC[C@H](O)CCC(O)CO)c2)C1. The van der Waals surface area contributed by atoms with Crippen molar-refractivity contribution in [1.82, 2.24) is 5.32 Å². The van der Waals surface area contributed by atoms with Crippen LogP contribution in [0.3, 0.4) is 0 Å². The van der Waals surface area contributed by atoms with Crippen molar-refractivity contribution in [2.75, 3.05) is 49.8 Å². The van der Waals surface area contributed by atoms with E-state index in [9.17, 15) is 15.0 Å². The molecule has 0 fully saturated rings. The molecule has 1 amide bonds. The number of carbonyl (C=O) groups excluding carboxylic acids is 1.